The fraction of sp³-hybridized carbons (Fsp3) is 0.381. The summed E-state index contributed by atoms with van der Waals surface area (Å²) >= 11 is 19.1. The van der Waals surface area contributed by atoms with Gasteiger partial charge in [-0.1, -0.05) is 47.8 Å². The summed E-state index contributed by atoms with van der Waals surface area (Å²) < 4.78 is 8.09. The number of halogens is 3. The molecule has 0 fully saturated rings. The molecule has 1 unspecified atom stereocenters. The maximum Gasteiger partial charge on any atom is 0.211 e. The van der Waals surface area contributed by atoms with Crippen molar-refractivity contribution in [2.75, 3.05) is 24.7 Å². The van der Waals surface area contributed by atoms with Crippen molar-refractivity contribution in [1.82, 2.24) is 9.55 Å². The number of imidazole rings is 1. The van der Waals surface area contributed by atoms with E-state index < -0.39 is 0 Å². The van der Waals surface area contributed by atoms with Crippen LogP contribution in [0.15, 0.2) is 30.3 Å². The van der Waals surface area contributed by atoms with Crippen LogP contribution in [0.5, 0.6) is 0 Å². The molecule has 1 N–H and O–H groups in total. The van der Waals surface area contributed by atoms with Crippen molar-refractivity contribution in [2.45, 2.75) is 32.4 Å². The lowest BCUT2D eigenvalue weighted by Gasteiger charge is -2.30. The van der Waals surface area contributed by atoms with Gasteiger partial charge < -0.3 is 19.3 Å². The lowest BCUT2D eigenvalue weighted by molar-refractivity contribution is 0.0263. The van der Waals surface area contributed by atoms with Gasteiger partial charge in [0.1, 0.15) is 5.52 Å². The summed E-state index contributed by atoms with van der Waals surface area (Å²) in [6.07, 6.45) is 1.58. The number of aliphatic hydroxyl groups excluding tert-OH is 1. The van der Waals surface area contributed by atoms with Crippen molar-refractivity contribution in [3.8, 4) is 0 Å². The molecular weight excluding hydrogens is 433 g/mol. The predicted molar refractivity (Wildman–Crippen MR) is 119 cm³/mol. The van der Waals surface area contributed by atoms with Gasteiger partial charge in [-0.3, -0.25) is 0 Å². The molecule has 0 amide bonds. The number of aryl methyl sites for hydroxylation is 1. The number of fused-ring (bicyclic) bond motifs is 3. The third kappa shape index (κ3) is 3.82. The molecule has 0 saturated carbocycles. The number of anilines is 2. The Labute approximate surface area is 184 Å². The molecule has 0 aliphatic carbocycles. The topological polar surface area (TPSA) is 50.5 Å². The van der Waals surface area contributed by atoms with E-state index in [4.69, 9.17) is 44.5 Å². The maximum atomic E-state index is 9.18. The van der Waals surface area contributed by atoms with E-state index in [0.717, 1.165) is 54.2 Å². The van der Waals surface area contributed by atoms with Crippen molar-refractivity contribution < 1.29 is 9.84 Å². The fourth-order valence-electron chi connectivity index (χ4n) is 3.94. The van der Waals surface area contributed by atoms with Crippen LogP contribution in [0, 0.1) is 0 Å². The van der Waals surface area contributed by atoms with Gasteiger partial charge in [-0.25, -0.2) is 4.98 Å². The molecule has 5 nitrogen and oxygen atoms in total. The Morgan fingerprint density at radius 2 is 1.97 bits per heavy atom. The van der Waals surface area contributed by atoms with E-state index in [1.165, 1.54) is 0 Å². The normalized spacial score (nSPS) is 15.0. The van der Waals surface area contributed by atoms with Gasteiger partial charge in [0.25, 0.3) is 0 Å². The molecule has 1 aromatic heterocycles. The van der Waals surface area contributed by atoms with Crippen LogP contribution < -0.4 is 4.90 Å². The molecule has 0 bridgehead atoms. The Balaban J connectivity index is 1.88. The third-order valence-electron chi connectivity index (χ3n) is 5.19. The molecule has 2 heterocycles. The van der Waals surface area contributed by atoms with Crippen LogP contribution in [0.4, 0.5) is 11.6 Å². The first kappa shape index (κ1) is 20.8. The molecule has 29 heavy (non-hydrogen) atoms. The average molecular weight is 455 g/mol. The van der Waals surface area contributed by atoms with E-state index in [1.807, 2.05) is 24.3 Å². The van der Waals surface area contributed by atoms with Crippen molar-refractivity contribution in [1.29, 1.82) is 0 Å². The number of aromatic nitrogens is 2. The van der Waals surface area contributed by atoms with Crippen LogP contribution >= 0.6 is 34.8 Å². The van der Waals surface area contributed by atoms with E-state index >= 15 is 0 Å². The van der Waals surface area contributed by atoms with Gasteiger partial charge in [0.15, 0.2) is 0 Å². The first-order valence-electron chi connectivity index (χ1n) is 9.68. The average Bonchev–Trinajstić information content (AvgIpc) is 3.11. The van der Waals surface area contributed by atoms with Crippen molar-refractivity contribution in [2.24, 2.45) is 0 Å². The third-order valence-corrected chi connectivity index (χ3v) is 6.03. The van der Waals surface area contributed by atoms with Crippen molar-refractivity contribution >= 4 is 57.5 Å². The van der Waals surface area contributed by atoms with Gasteiger partial charge in [0, 0.05) is 23.7 Å². The van der Waals surface area contributed by atoms with Crippen molar-refractivity contribution in [3.05, 3.63) is 51.0 Å². The summed E-state index contributed by atoms with van der Waals surface area (Å²) in [6.45, 7) is 3.97. The Bertz CT molecular complexity index is 1040. The van der Waals surface area contributed by atoms with Gasteiger partial charge in [0.2, 0.25) is 5.95 Å². The molecule has 1 aliphatic heterocycles. The van der Waals surface area contributed by atoms with E-state index in [9.17, 15) is 5.11 Å². The second kappa shape index (κ2) is 8.70. The highest BCUT2D eigenvalue weighted by Gasteiger charge is 2.28. The molecule has 0 saturated heterocycles. The zero-order chi connectivity index (χ0) is 20.5. The Kier molecular flexibility index (Phi) is 6.23. The molecular formula is C21H22Cl3N3O2. The van der Waals surface area contributed by atoms with Crippen LogP contribution in [0.3, 0.4) is 0 Å². The summed E-state index contributed by atoms with van der Waals surface area (Å²) in [6, 6.07) is 9.36. The zero-order valence-electron chi connectivity index (χ0n) is 16.0. The molecule has 2 aromatic carbocycles. The minimum atomic E-state index is -0.141. The number of hydrogen-bond donors (Lipinski definition) is 1. The summed E-state index contributed by atoms with van der Waals surface area (Å²) in [5.74, 6) is 0.807. The summed E-state index contributed by atoms with van der Waals surface area (Å²) in [4.78, 5) is 7.00. The summed E-state index contributed by atoms with van der Waals surface area (Å²) in [5.41, 5.74) is 3.63. The number of rotatable bonds is 6. The van der Waals surface area contributed by atoms with Crippen LogP contribution in [0.25, 0.3) is 11.0 Å². The summed E-state index contributed by atoms with van der Waals surface area (Å²) in [5, 5.41) is 11.0. The lowest BCUT2D eigenvalue weighted by Crippen LogP contribution is -2.28. The minimum absolute atomic E-state index is 0.0133. The zero-order valence-corrected chi connectivity index (χ0v) is 18.3. The van der Waals surface area contributed by atoms with Gasteiger partial charge in [-0.2, -0.15) is 0 Å². The summed E-state index contributed by atoms with van der Waals surface area (Å²) in [7, 11) is 0. The van der Waals surface area contributed by atoms with E-state index in [0.29, 0.717) is 15.1 Å². The number of benzene rings is 2. The SMILES string of the molecule is CCC(OCCO)c1ccc(Cl)c2nc3n(c12)CCCN3c1ccc(Cl)cc1Cl. The molecule has 8 heteroatoms. The van der Waals surface area contributed by atoms with E-state index in [1.54, 1.807) is 6.07 Å². The first-order chi connectivity index (χ1) is 14.0. The van der Waals surface area contributed by atoms with Gasteiger partial charge >= 0.3 is 0 Å². The van der Waals surface area contributed by atoms with Gasteiger partial charge in [-0.15, -0.1) is 0 Å². The molecule has 0 radical (unpaired) electrons. The van der Waals surface area contributed by atoms with Crippen molar-refractivity contribution in [3.63, 3.8) is 0 Å². The molecule has 154 valence electrons. The molecule has 1 atom stereocenters. The highest BCUT2D eigenvalue weighted by molar-refractivity contribution is 6.36. The van der Waals surface area contributed by atoms with Crippen LogP contribution in [0.2, 0.25) is 15.1 Å². The number of aliphatic hydroxyl groups is 1. The number of nitrogens with zero attached hydrogens (tertiary/aromatic N) is 3. The van der Waals surface area contributed by atoms with Crippen LogP contribution in [0.1, 0.15) is 31.4 Å². The van der Waals surface area contributed by atoms with Crippen LogP contribution in [-0.2, 0) is 11.3 Å². The van der Waals surface area contributed by atoms with Gasteiger partial charge in [-0.05, 0) is 37.1 Å². The maximum absolute atomic E-state index is 9.18. The number of hydrogen-bond acceptors (Lipinski definition) is 4. The second-order valence-electron chi connectivity index (χ2n) is 6.99. The quantitative estimate of drug-likeness (QED) is 0.496. The van der Waals surface area contributed by atoms with Gasteiger partial charge in [0.05, 0.1) is 40.6 Å². The Morgan fingerprint density at radius 1 is 1.14 bits per heavy atom. The van der Waals surface area contributed by atoms with Crippen LogP contribution in [-0.4, -0.2) is 34.4 Å². The highest BCUT2D eigenvalue weighted by Crippen LogP contribution is 2.41. The van der Waals surface area contributed by atoms with E-state index in [2.05, 4.69) is 16.4 Å². The lowest BCUT2D eigenvalue weighted by atomic mass is 10.0. The Morgan fingerprint density at radius 3 is 2.69 bits per heavy atom. The Hall–Kier alpha value is -1.50. The molecule has 4 rings (SSSR count). The minimum Gasteiger partial charge on any atom is -0.394 e. The number of ether oxygens (including phenoxy) is 1. The monoisotopic (exact) mass is 453 g/mol. The standard InChI is InChI=1S/C21H22Cl3N3O2/c1-2-18(29-11-10-28)14-5-6-15(23)19-20(14)27-9-3-8-26(21(27)25-19)17-7-4-13(22)12-16(17)24/h4-7,12,18,28H,2-3,8-11H2,1H3. The highest BCUT2D eigenvalue weighted by atomic mass is 35.5. The predicted octanol–water partition coefficient (Wildman–Crippen LogP) is 6.00. The second-order valence-corrected chi connectivity index (χ2v) is 8.24. The largest absolute Gasteiger partial charge is 0.394 e. The molecule has 3 aromatic rings. The molecule has 0 spiro atoms. The first-order valence-corrected chi connectivity index (χ1v) is 10.8. The molecule has 1 aliphatic rings. The fourth-order valence-corrected chi connectivity index (χ4v) is 4.64. The van der Waals surface area contributed by atoms with E-state index in [-0.39, 0.29) is 19.3 Å². The smallest absolute Gasteiger partial charge is 0.211 e.